The van der Waals surface area contributed by atoms with E-state index in [-0.39, 0.29) is 13.2 Å². The van der Waals surface area contributed by atoms with Crippen LogP contribution in [0.5, 0.6) is 0 Å². The summed E-state index contributed by atoms with van der Waals surface area (Å²) in [7, 11) is 0. The number of hydrogen-bond donors (Lipinski definition) is 3. The third-order valence-electron chi connectivity index (χ3n) is 0.602. The van der Waals surface area contributed by atoms with Gasteiger partial charge in [-0.05, 0) is 0 Å². The summed E-state index contributed by atoms with van der Waals surface area (Å²) in [5, 5.41) is 0. The molecule has 0 unspecified atom stereocenters. The summed E-state index contributed by atoms with van der Waals surface area (Å²) in [6.45, 7) is -0.0263. The molecule has 0 fully saturated rings. The van der Waals surface area contributed by atoms with E-state index in [1.54, 1.807) is 0 Å². The molecule has 0 aromatic heterocycles. The third-order valence-corrected chi connectivity index (χ3v) is 0.602. The van der Waals surface area contributed by atoms with Crippen LogP contribution in [0, 0.1) is 0 Å². The Morgan fingerprint density at radius 1 is 1.27 bits per heavy atom. The summed E-state index contributed by atoms with van der Waals surface area (Å²) >= 11 is 0. The Balaban J connectivity index is 3.03. The average Bonchev–Trinajstić information content (AvgIpc) is 1.85. The van der Waals surface area contributed by atoms with Gasteiger partial charge in [-0.1, -0.05) is 0 Å². The lowest BCUT2D eigenvalue weighted by atomic mass is 10.8. The fourth-order valence-electron chi connectivity index (χ4n) is 0.306. The van der Waals surface area contributed by atoms with Crippen LogP contribution in [-0.2, 0) is 9.57 Å². The Kier molecular flexibility index (Phi) is 4.58. The Hall–Kier alpha value is -1.50. The highest BCUT2D eigenvalue weighted by Gasteiger charge is 1.94. The normalized spacial score (nSPS) is 8.73. The molecule has 0 aliphatic carbocycles. The molecule has 0 saturated carbocycles. The molecular formula is C4H9N3O4. The van der Waals surface area contributed by atoms with Crippen LogP contribution in [0.15, 0.2) is 0 Å². The van der Waals surface area contributed by atoms with Crippen molar-refractivity contribution in [3.8, 4) is 0 Å². The number of nitrogens with one attached hydrogen (secondary N) is 1. The lowest BCUT2D eigenvalue weighted by molar-refractivity contribution is 0.0327. The summed E-state index contributed by atoms with van der Waals surface area (Å²) in [6, 6.07) is -0.816. The molecule has 7 nitrogen and oxygen atoms in total. The van der Waals surface area contributed by atoms with Crippen molar-refractivity contribution < 1.29 is 19.2 Å². The zero-order valence-electron chi connectivity index (χ0n) is 5.70. The minimum atomic E-state index is -0.896. The van der Waals surface area contributed by atoms with Crippen molar-refractivity contribution in [1.82, 2.24) is 5.48 Å². The first-order valence-corrected chi connectivity index (χ1v) is 2.72. The topological polar surface area (TPSA) is 117 Å². The van der Waals surface area contributed by atoms with E-state index in [9.17, 15) is 9.59 Å². The number of urea groups is 1. The fraction of sp³-hybridized carbons (Fsp3) is 0.500. The van der Waals surface area contributed by atoms with Gasteiger partial charge in [0.1, 0.15) is 13.2 Å². The molecule has 64 valence electrons. The number of hydrogen-bond acceptors (Lipinski definition) is 4. The van der Waals surface area contributed by atoms with Gasteiger partial charge >= 0.3 is 12.1 Å². The van der Waals surface area contributed by atoms with Gasteiger partial charge in [-0.3, -0.25) is 4.84 Å². The zero-order chi connectivity index (χ0) is 8.69. The van der Waals surface area contributed by atoms with Crippen molar-refractivity contribution in [3.63, 3.8) is 0 Å². The second-order valence-corrected chi connectivity index (χ2v) is 1.48. The van der Waals surface area contributed by atoms with E-state index in [2.05, 4.69) is 21.0 Å². The Morgan fingerprint density at radius 2 is 1.91 bits per heavy atom. The van der Waals surface area contributed by atoms with Gasteiger partial charge in [0.15, 0.2) is 0 Å². The van der Waals surface area contributed by atoms with Crippen molar-refractivity contribution in [3.05, 3.63) is 0 Å². The number of ether oxygens (including phenoxy) is 1. The van der Waals surface area contributed by atoms with Crippen LogP contribution in [-0.4, -0.2) is 25.3 Å². The minimum Gasteiger partial charge on any atom is -0.447 e. The summed E-state index contributed by atoms with van der Waals surface area (Å²) < 4.78 is 4.25. The standard InChI is InChI=1S/C4H9N3O4/c5-3(8)7-11-2-1-10-4(6)9/h1-2H2,(H2,6,9)(H3,5,7,8). The van der Waals surface area contributed by atoms with Crippen LogP contribution in [0.2, 0.25) is 0 Å². The summed E-state index contributed by atoms with van der Waals surface area (Å²) in [6.07, 6.45) is -0.896. The van der Waals surface area contributed by atoms with Gasteiger partial charge in [0.2, 0.25) is 0 Å². The van der Waals surface area contributed by atoms with Crippen molar-refractivity contribution in [1.29, 1.82) is 0 Å². The van der Waals surface area contributed by atoms with Crippen LogP contribution in [0.1, 0.15) is 0 Å². The number of amides is 3. The summed E-state index contributed by atoms with van der Waals surface area (Å²) in [5.41, 5.74) is 11.1. The molecule has 0 aliphatic rings. The van der Waals surface area contributed by atoms with Crippen molar-refractivity contribution >= 4 is 12.1 Å². The van der Waals surface area contributed by atoms with Crippen molar-refractivity contribution in [2.75, 3.05) is 13.2 Å². The van der Waals surface area contributed by atoms with E-state index in [0.717, 1.165) is 0 Å². The number of primary amides is 2. The summed E-state index contributed by atoms with van der Waals surface area (Å²) in [4.78, 5) is 24.3. The van der Waals surface area contributed by atoms with Crippen molar-refractivity contribution in [2.45, 2.75) is 0 Å². The maximum atomic E-state index is 9.95. The van der Waals surface area contributed by atoms with Crippen LogP contribution in [0.3, 0.4) is 0 Å². The molecule has 0 aromatic carbocycles. The number of carbonyl (C=O) groups is 2. The molecule has 0 aliphatic heterocycles. The molecule has 7 heteroatoms. The molecule has 0 radical (unpaired) electrons. The molecule has 0 spiro atoms. The quantitative estimate of drug-likeness (QED) is 0.352. The molecule has 3 amide bonds. The number of carbonyl (C=O) groups excluding carboxylic acids is 2. The molecule has 0 aromatic rings. The summed E-state index contributed by atoms with van der Waals surface area (Å²) in [5.74, 6) is 0. The Bertz CT molecular complexity index is 132. The van der Waals surface area contributed by atoms with Gasteiger partial charge in [-0.25, -0.2) is 15.1 Å². The van der Waals surface area contributed by atoms with E-state index >= 15 is 0 Å². The van der Waals surface area contributed by atoms with Gasteiger partial charge in [0.05, 0.1) is 0 Å². The second kappa shape index (κ2) is 5.30. The van der Waals surface area contributed by atoms with Gasteiger partial charge in [-0.15, -0.1) is 0 Å². The molecule has 0 bridgehead atoms. The van der Waals surface area contributed by atoms with Gasteiger partial charge in [-0.2, -0.15) is 0 Å². The van der Waals surface area contributed by atoms with Crippen molar-refractivity contribution in [2.24, 2.45) is 11.5 Å². The van der Waals surface area contributed by atoms with Crippen LogP contribution >= 0.6 is 0 Å². The first kappa shape index (κ1) is 9.50. The van der Waals surface area contributed by atoms with Crippen LogP contribution < -0.4 is 16.9 Å². The first-order valence-electron chi connectivity index (χ1n) is 2.72. The van der Waals surface area contributed by atoms with Gasteiger partial charge < -0.3 is 16.2 Å². The first-order chi connectivity index (χ1) is 5.13. The Labute approximate surface area is 62.6 Å². The van der Waals surface area contributed by atoms with E-state index in [0.29, 0.717) is 0 Å². The largest absolute Gasteiger partial charge is 0.447 e. The molecule has 0 rings (SSSR count). The highest BCUT2D eigenvalue weighted by molar-refractivity contribution is 5.70. The van der Waals surface area contributed by atoms with Gasteiger partial charge in [0.25, 0.3) is 0 Å². The minimum absolute atomic E-state index is 0.00583. The fourth-order valence-corrected chi connectivity index (χ4v) is 0.306. The third kappa shape index (κ3) is 8.50. The van der Waals surface area contributed by atoms with Crippen LogP contribution in [0.25, 0.3) is 0 Å². The second-order valence-electron chi connectivity index (χ2n) is 1.48. The predicted octanol–water partition coefficient (Wildman–Crippen LogP) is -1.32. The number of rotatable bonds is 4. The predicted molar refractivity (Wildman–Crippen MR) is 34.2 cm³/mol. The lowest BCUT2D eigenvalue weighted by Gasteiger charge is -2.01. The average molecular weight is 163 g/mol. The highest BCUT2D eigenvalue weighted by Crippen LogP contribution is 1.73. The molecule has 0 heterocycles. The zero-order valence-corrected chi connectivity index (χ0v) is 5.70. The maximum absolute atomic E-state index is 9.95. The Morgan fingerprint density at radius 3 is 2.36 bits per heavy atom. The SMILES string of the molecule is NC(=O)NOCCOC(N)=O. The van der Waals surface area contributed by atoms with Gasteiger partial charge in [0, 0.05) is 0 Å². The molecule has 0 saturated heterocycles. The van der Waals surface area contributed by atoms with E-state index in [1.807, 2.05) is 5.48 Å². The maximum Gasteiger partial charge on any atom is 0.404 e. The smallest absolute Gasteiger partial charge is 0.404 e. The number of nitrogens with two attached hydrogens (primary N) is 2. The highest BCUT2D eigenvalue weighted by atomic mass is 16.7. The van der Waals surface area contributed by atoms with Crippen LogP contribution in [0.4, 0.5) is 9.59 Å². The van der Waals surface area contributed by atoms with E-state index < -0.39 is 12.1 Å². The molecular weight excluding hydrogens is 154 g/mol. The molecule has 5 N–H and O–H groups in total. The molecule has 11 heavy (non-hydrogen) atoms. The lowest BCUT2D eigenvalue weighted by Crippen LogP contribution is -2.31. The number of hydroxylamine groups is 1. The van der Waals surface area contributed by atoms with E-state index in [1.165, 1.54) is 0 Å². The van der Waals surface area contributed by atoms with E-state index in [4.69, 9.17) is 0 Å². The monoisotopic (exact) mass is 163 g/mol. The molecule has 0 atom stereocenters.